The van der Waals surface area contributed by atoms with Gasteiger partial charge in [-0.05, 0) is 43.7 Å². The number of hydrogen-bond donors (Lipinski definition) is 1. The van der Waals surface area contributed by atoms with Crippen LogP contribution in [0.2, 0.25) is 0 Å². The SMILES string of the molecule is COc1ccc(N2CCN(C(=O)Cc3c(C)nc(SC(C)c4ccccc4)[nH]c3=O)CC2)cc1. The maximum absolute atomic E-state index is 13.0. The summed E-state index contributed by atoms with van der Waals surface area (Å²) in [7, 11) is 1.65. The number of piperazine rings is 1. The largest absolute Gasteiger partial charge is 0.497 e. The molecule has 178 valence electrons. The second kappa shape index (κ2) is 10.8. The predicted octanol–water partition coefficient (Wildman–Crippen LogP) is 3.83. The summed E-state index contributed by atoms with van der Waals surface area (Å²) in [5.41, 5.74) is 3.10. The molecule has 1 aliphatic rings. The van der Waals surface area contributed by atoms with Gasteiger partial charge < -0.3 is 19.5 Å². The summed E-state index contributed by atoms with van der Waals surface area (Å²) in [6.45, 7) is 6.63. The second-order valence-corrected chi connectivity index (χ2v) is 9.68. The minimum Gasteiger partial charge on any atom is -0.497 e. The zero-order valence-corrected chi connectivity index (χ0v) is 20.6. The van der Waals surface area contributed by atoms with Gasteiger partial charge in [-0.15, -0.1) is 0 Å². The molecule has 34 heavy (non-hydrogen) atoms. The molecule has 1 fully saturated rings. The van der Waals surface area contributed by atoms with Crippen molar-refractivity contribution >= 4 is 23.4 Å². The molecule has 1 saturated heterocycles. The van der Waals surface area contributed by atoms with E-state index in [0.29, 0.717) is 29.5 Å². The number of ether oxygens (including phenoxy) is 1. The summed E-state index contributed by atoms with van der Waals surface area (Å²) >= 11 is 1.51. The van der Waals surface area contributed by atoms with Crippen molar-refractivity contribution in [3.63, 3.8) is 0 Å². The molecule has 0 bridgehead atoms. The number of rotatable bonds is 7. The highest BCUT2D eigenvalue weighted by Crippen LogP contribution is 2.32. The molecule has 2 heterocycles. The molecular formula is C26H30N4O3S. The first kappa shape index (κ1) is 23.9. The quantitative estimate of drug-likeness (QED) is 0.411. The number of anilines is 1. The molecule has 1 N–H and O–H groups in total. The van der Waals surface area contributed by atoms with E-state index in [1.54, 1.807) is 14.0 Å². The smallest absolute Gasteiger partial charge is 0.255 e. The van der Waals surface area contributed by atoms with Crippen LogP contribution in [0.1, 0.15) is 29.0 Å². The van der Waals surface area contributed by atoms with Gasteiger partial charge in [-0.3, -0.25) is 9.59 Å². The van der Waals surface area contributed by atoms with E-state index in [9.17, 15) is 9.59 Å². The van der Waals surface area contributed by atoms with Crippen molar-refractivity contribution in [2.24, 2.45) is 0 Å². The summed E-state index contributed by atoms with van der Waals surface area (Å²) < 4.78 is 5.22. The fourth-order valence-corrected chi connectivity index (χ4v) is 5.05. The summed E-state index contributed by atoms with van der Waals surface area (Å²) in [5.74, 6) is 0.786. The molecule has 2 aromatic carbocycles. The summed E-state index contributed by atoms with van der Waals surface area (Å²) in [5, 5.41) is 0.724. The molecule has 0 spiro atoms. The minimum atomic E-state index is -0.236. The highest BCUT2D eigenvalue weighted by molar-refractivity contribution is 7.99. The highest BCUT2D eigenvalue weighted by atomic mass is 32.2. The van der Waals surface area contributed by atoms with Crippen molar-refractivity contribution in [2.75, 3.05) is 38.2 Å². The van der Waals surface area contributed by atoms with Gasteiger partial charge in [0.25, 0.3) is 5.56 Å². The van der Waals surface area contributed by atoms with Crippen LogP contribution in [0.15, 0.2) is 64.5 Å². The van der Waals surface area contributed by atoms with Crippen LogP contribution in [-0.2, 0) is 11.2 Å². The molecule has 1 amide bonds. The summed E-state index contributed by atoms with van der Waals surface area (Å²) in [6.07, 6.45) is 0.0654. The standard InChI is InChI=1S/C26H30N4O3S/c1-18-23(25(32)28-26(27-18)34-19(2)20-7-5-4-6-8-20)17-24(31)30-15-13-29(14-16-30)21-9-11-22(33-3)12-10-21/h4-12,19H,13-17H2,1-3H3,(H,27,28,32). The number of aryl methyl sites for hydroxylation is 1. The van der Waals surface area contributed by atoms with E-state index in [1.807, 2.05) is 47.4 Å². The summed E-state index contributed by atoms with van der Waals surface area (Å²) in [4.78, 5) is 37.3. The van der Waals surface area contributed by atoms with E-state index in [2.05, 4.69) is 33.9 Å². The minimum absolute atomic E-state index is 0.0390. The number of H-pyrrole nitrogens is 1. The van der Waals surface area contributed by atoms with Gasteiger partial charge in [0, 0.05) is 48.4 Å². The van der Waals surface area contributed by atoms with Crippen molar-refractivity contribution in [3.8, 4) is 5.75 Å². The number of aromatic nitrogens is 2. The summed E-state index contributed by atoms with van der Waals surface area (Å²) in [6, 6.07) is 18.0. The van der Waals surface area contributed by atoms with Crippen LogP contribution in [0.5, 0.6) is 5.75 Å². The van der Waals surface area contributed by atoms with Crippen molar-refractivity contribution < 1.29 is 9.53 Å². The van der Waals surface area contributed by atoms with Gasteiger partial charge in [0.2, 0.25) is 5.91 Å². The molecule has 1 aliphatic heterocycles. The topological polar surface area (TPSA) is 78.5 Å². The van der Waals surface area contributed by atoms with Crippen molar-refractivity contribution in [3.05, 3.63) is 81.8 Å². The van der Waals surface area contributed by atoms with E-state index in [4.69, 9.17) is 4.74 Å². The molecule has 0 aliphatic carbocycles. The maximum Gasteiger partial charge on any atom is 0.255 e. The average Bonchev–Trinajstić information content (AvgIpc) is 2.87. The van der Waals surface area contributed by atoms with E-state index in [0.717, 1.165) is 24.5 Å². The normalized spacial score (nSPS) is 14.7. The number of methoxy groups -OCH3 is 1. The lowest BCUT2D eigenvalue weighted by molar-refractivity contribution is -0.130. The molecule has 8 heteroatoms. The average molecular weight is 479 g/mol. The number of amides is 1. The van der Waals surface area contributed by atoms with Crippen LogP contribution in [-0.4, -0.2) is 54.1 Å². The third kappa shape index (κ3) is 5.62. The van der Waals surface area contributed by atoms with Crippen LogP contribution in [0.4, 0.5) is 5.69 Å². The van der Waals surface area contributed by atoms with E-state index >= 15 is 0 Å². The molecule has 1 unspecified atom stereocenters. The number of aromatic amines is 1. The third-order valence-electron chi connectivity index (χ3n) is 6.16. The Morgan fingerprint density at radius 2 is 1.76 bits per heavy atom. The lowest BCUT2D eigenvalue weighted by Gasteiger charge is -2.36. The Hall–Kier alpha value is -3.26. The lowest BCUT2D eigenvalue weighted by Crippen LogP contribution is -2.49. The van der Waals surface area contributed by atoms with Crippen LogP contribution in [0, 0.1) is 6.92 Å². The van der Waals surface area contributed by atoms with Crippen LogP contribution in [0.3, 0.4) is 0 Å². The maximum atomic E-state index is 13.0. The van der Waals surface area contributed by atoms with Gasteiger partial charge in [-0.2, -0.15) is 0 Å². The molecule has 1 aromatic heterocycles. The number of thioether (sulfide) groups is 1. The zero-order chi connectivity index (χ0) is 24.1. The molecular weight excluding hydrogens is 448 g/mol. The van der Waals surface area contributed by atoms with Crippen LogP contribution < -0.4 is 15.2 Å². The van der Waals surface area contributed by atoms with Gasteiger partial charge in [-0.25, -0.2) is 4.98 Å². The van der Waals surface area contributed by atoms with Crippen molar-refractivity contribution in [1.82, 2.24) is 14.9 Å². The van der Waals surface area contributed by atoms with E-state index in [-0.39, 0.29) is 23.1 Å². The number of hydrogen-bond acceptors (Lipinski definition) is 6. The number of nitrogens with zero attached hydrogens (tertiary/aromatic N) is 3. The lowest BCUT2D eigenvalue weighted by atomic mass is 10.1. The van der Waals surface area contributed by atoms with Gasteiger partial charge in [0.15, 0.2) is 5.16 Å². The Bertz CT molecular complexity index is 1170. The molecule has 0 saturated carbocycles. The van der Waals surface area contributed by atoms with Gasteiger partial charge in [0.05, 0.1) is 13.5 Å². The number of carbonyl (C=O) groups is 1. The molecule has 1 atom stereocenters. The molecule has 0 radical (unpaired) electrons. The fraction of sp³-hybridized carbons (Fsp3) is 0.346. The first-order valence-electron chi connectivity index (χ1n) is 11.4. The van der Waals surface area contributed by atoms with Crippen LogP contribution >= 0.6 is 11.8 Å². The second-order valence-electron chi connectivity index (χ2n) is 8.35. The first-order chi connectivity index (χ1) is 16.4. The van der Waals surface area contributed by atoms with Crippen molar-refractivity contribution in [2.45, 2.75) is 30.7 Å². The van der Waals surface area contributed by atoms with Crippen molar-refractivity contribution in [1.29, 1.82) is 0 Å². The van der Waals surface area contributed by atoms with Gasteiger partial charge in [-0.1, -0.05) is 42.1 Å². The number of benzene rings is 2. The zero-order valence-electron chi connectivity index (χ0n) is 19.8. The molecule has 7 nitrogen and oxygen atoms in total. The Balaban J connectivity index is 1.36. The van der Waals surface area contributed by atoms with Crippen LogP contribution in [0.25, 0.3) is 0 Å². The number of carbonyl (C=O) groups excluding carboxylic acids is 1. The fourth-order valence-electron chi connectivity index (χ4n) is 4.08. The Morgan fingerprint density at radius 1 is 1.09 bits per heavy atom. The third-order valence-corrected chi connectivity index (χ3v) is 7.20. The van der Waals surface area contributed by atoms with E-state index < -0.39 is 0 Å². The van der Waals surface area contributed by atoms with Gasteiger partial charge >= 0.3 is 0 Å². The Labute approximate surface area is 204 Å². The number of nitrogens with one attached hydrogen (secondary N) is 1. The first-order valence-corrected chi connectivity index (χ1v) is 12.3. The highest BCUT2D eigenvalue weighted by Gasteiger charge is 2.23. The molecule has 4 rings (SSSR count). The monoisotopic (exact) mass is 478 g/mol. The van der Waals surface area contributed by atoms with Gasteiger partial charge in [0.1, 0.15) is 5.75 Å². The molecule has 3 aromatic rings. The Kier molecular flexibility index (Phi) is 7.57. The predicted molar refractivity (Wildman–Crippen MR) is 136 cm³/mol. The Morgan fingerprint density at radius 3 is 2.38 bits per heavy atom. The van der Waals surface area contributed by atoms with E-state index in [1.165, 1.54) is 17.3 Å².